The Balaban J connectivity index is 0.975. The monoisotopic (exact) mass is 1310 g/mol. The van der Waals surface area contributed by atoms with E-state index >= 15 is 0 Å². The van der Waals surface area contributed by atoms with Crippen LogP contribution in [0.25, 0.3) is 127 Å². The Morgan fingerprint density at radius 1 is 0.255 bits per heavy atom. The Kier molecular flexibility index (Phi) is 13.8. The van der Waals surface area contributed by atoms with E-state index in [0.29, 0.717) is 0 Å². The zero-order valence-corrected chi connectivity index (χ0v) is 59.4. The average molecular weight is 1310 g/mol. The lowest BCUT2D eigenvalue weighted by Crippen LogP contribution is -2.61. The van der Waals surface area contributed by atoms with Crippen molar-refractivity contribution in [2.75, 3.05) is 9.80 Å². The first-order valence-corrected chi connectivity index (χ1v) is 36.3. The molecule has 488 valence electrons. The van der Waals surface area contributed by atoms with Crippen LogP contribution < -0.4 is 26.2 Å². The van der Waals surface area contributed by atoms with Gasteiger partial charge in [-0.1, -0.05) is 323 Å². The molecular weight excluding hydrogens is 1230 g/mol. The summed E-state index contributed by atoms with van der Waals surface area (Å²) in [6, 6.07) is 118. The van der Waals surface area contributed by atoms with Crippen LogP contribution in [0.5, 0.6) is 0 Å². The molecule has 0 aliphatic carbocycles. The molecule has 0 amide bonds. The standard InChI is InChI=1S/C98H78BN3/c1-96(2,3)71-54-70(55-72(57-71)97(4,5)6)68-47-50-83-82(56-68)99-81-49-48-74(100-84-51-45-65-35-23-43-79-80-44-24-36-66-46-52-85(100)92(90(66)80)91(84)89(65)79)60-86(81)102(94-75(62-29-16-11-17-30-62)39-25-40-76(94)63-31-18-12-19-32-63)88-59-73(98(7,8)9)58-87(93(88)99)101(83)95-77(64-33-20-13-21-34-64)41-26-42-78(95)69-38-22-37-67(53-69)61-27-14-10-15-28-61/h10-60H,1-9H3. The maximum absolute atomic E-state index is 2.73. The highest BCUT2D eigenvalue weighted by atomic mass is 15.2. The Morgan fingerprint density at radius 2 is 0.676 bits per heavy atom. The van der Waals surface area contributed by atoms with Gasteiger partial charge in [0, 0.05) is 61.5 Å². The van der Waals surface area contributed by atoms with Crippen molar-refractivity contribution in [1.29, 1.82) is 0 Å². The molecule has 0 atom stereocenters. The summed E-state index contributed by atoms with van der Waals surface area (Å²) in [5.74, 6) is 0. The van der Waals surface area contributed by atoms with Crippen molar-refractivity contribution >= 4 is 111 Å². The van der Waals surface area contributed by atoms with Gasteiger partial charge in [0.05, 0.1) is 22.4 Å². The molecule has 3 nitrogen and oxygen atoms in total. The highest BCUT2D eigenvalue weighted by Gasteiger charge is 2.46. The second-order valence-electron chi connectivity index (χ2n) is 31.6. The predicted molar refractivity (Wildman–Crippen MR) is 438 cm³/mol. The summed E-state index contributed by atoms with van der Waals surface area (Å²) in [7, 11) is 0. The number of aromatic nitrogens is 1. The molecule has 0 unspecified atom stereocenters. The summed E-state index contributed by atoms with van der Waals surface area (Å²) in [5, 5.41) is 10.4. The van der Waals surface area contributed by atoms with E-state index in [9.17, 15) is 0 Å². The molecule has 16 aromatic carbocycles. The van der Waals surface area contributed by atoms with Gasteiger partial charge in [-0.15, -0.1) is 0 Å². The smallest absolute Gasteiger partial charge is 0.252 e. The molecule has 0 spiro atoms. The normalized spacial score (nSPS) is 13.1. The third-order valence-corrected chi connectivity index (χ3v) is 22.3. The second-order valence-corrected chi connectivity index (χ2v) is 31.6. The number of hydrogen-bond acceptors (Lipinski definition) is 2. The van der Waals surface area contributed by atoms with Crippen molar-refractivity contribution < 1.29 is 0 Å². The number of anilines is 6. The number of nitrogens with zero attached hydrogens (tertiary/aromatic N) is 3. The number of para-hydroxylation sites is 2. The van der Waals surface area contributed by atoms with Gasteiger partial charge in [0.25, 0.3) is 6.71 Å². The molecule has 2 aliphatic heterocycles. The van der Waals surface area contributed by atoms with Crippen LogP contribution in [0.1, 0.15) is 79.0 Å². The molecule has 0 N–H and O–H groups in total. The molecule has 2 aliphatic rings. The summed E-state index contributed by atoms with van der Waals surface area (Å²) in [6.45, 7) is 21.1. The van der Waals surface area contributed by atoms with E-state index in [0.717, 1.165) is 78.6 Å². The van der Waals surface area contributed by atoms with Crippen molar-refractivity contribution in [3.8, 4) is 72.4 Å². The largest absolute Gasteiger partial charge is 0.310 e. The third kappa shape index (κ3) is 9.63. The summed E-state index contributed by atoms with van der Waals surface area (Å²) in [4.78, 5) is 5.43. The molecule has 0 saturated carbocycles. The molecule has 0 bridgehead atoms. The van der Waals surface area contributed by atoms with E-state index < -0.39 is 0 Å². The van der Waals surface area contributed by atoms with E-state index in [1.165, 1.54) is 115 Å². The van der Waals surface area contributed by atoms with Gasteiger partial charge in [-0.25, -0.2) is 0 Å². The number of hydrogen-bond donors (Lipinski definition) is 0. The minimum atomic E-state index is -0.307. The summed E-state index contributed by atoms with van der Waals surface area (Å²) in [5.41, 5.74) is 31.6. The van der Waals surface area contributed by atoms with E-state index in [1.54, 1.807) is 0 Å². The van der Waals surface area contributed by atoms with Crippen LogP contribution >= 0.6 is 0 Å². The molecule has 3 heterocycles. The lowest BCUT2D eigenvalue weighted by Gasteiger charge is -2.46. The number of fused-ring (bicyclic) bond motifs is 5. The van der Waals surface area contributed by atoms with Crippen LogP contribution in [0.3, 0.4) is 0 Å². The SMILES string of the molecule is CC(C)(C)c1cc(-c2ccc3c(c2)B2c4ccc(-n5c6ccc7cccc8c9cccc%10ccc5c(c%109)c6c78)cc4N(c4c(-c5ccccc5)cccc4-c4ccccc4)c4cc(C(C)(C)C)cc(c42)N3c2c(-c3ccccc3)cccc2-c2cccc(-c3ccccc3)c2)cc(C(C)(C)C)c1. The topological polar surface area (TPSA) is 11.4 Å². The van der Waals surface area contributed by atoms with E-state index in [1.807, 2.05) is 0 Å². The second kappa shape index (κ2) is 22.9. The van der Waals surface area contributed by atoms with Crippen molar-refractivity contribution in [3.05, 3.63) is 326 Å². The van der Waals surface area contributed by atoms with Crippen LogP contribution in [0.15, 0.2) is 309 Å². The van der Waals surface area contributed by atoms with Crippen LogP contribution in [0, 0.1) is 0 Å². The molecule has 17 aromatic rings. The van der Waals surface area contributed by atoms with E-state index in [2.05, 4.69) is 386 Å². The lowest BCUT2D eigenvalue weighted by molar-refractivity contribution is 0.569. The van der Waals surface area contributed by atoms with Crippen molar-refractivity contribution in [3.63, 3.8) is 0 Å². The molecule has 19 rings (SSSR count). The molecule has 0 radical (unpaired) electrons. The molecule has 0 fully saturated rings. The minimum absolute atomic E-state index is 0.0913. The van der Waals surface area contributed by atoms with Gasteiger partial charge in [-0.3, -0.25) is 0 Å². The Morgan fingerprint density at radius 3 is 1.18 bits per heavy atom. The maximum Gasteiger partial charge on any atom is 0.252 e. The van der Waals surface area contributed by atoms with Crippen LogP contribution in [0.2, 0.25) is 0 Å². The highest BCUT2D eigenvalue weighted by molar-refractivity contribution is 7.00. The summed E-state index contributed by atoms with van der Waals surface area (Å²) in [6.07, 6.45) is 0. The first-order valence-electron chi connectivity index (χ1n) is 36.3. The van der Waals surface area contributed by atoms with Crippen molar-refractivity contribution in [1.82, 2.24) is 4.57 Å². The first-order chi connectivity index (χ1) is 49.5. The molecular formula is C98H78BN3. The fourth-order valence-corrected chi connectivity index (χ4v) is 17.2. The average Bonchev–Trinajstić information content (AvgIpc) is 1.04. The van der Waals surface area contributed by atoms with E-state index in [4.69, 9.17) is 0 Å². The third-order valence-electron chi connectivity index (χ3n) is 22.3. The van der Waals surface area contributed by atoms with Crippen LogP contribution in [0.4, 0.5) is 34.1 Å². The Labute approximate surface area is 599 Å². The molecule has 4 heteroatoms. The number of rotatable bonds is 9. The number of benzene rings is 16. The minimum Gasteiger partial charge on any atom is -0.310 e. The summed E-state index contributed by atoms with van der Waals surface area (Å²) < 4.78 is 2.59. The van der Waals surface area contributed by atoms with Gasteiger partial charge in [-0.2, -0.15) is 0 Å². The van der Waals surface area contributed by atoms with Crippen molar-refractivity contribution in [2.24, 2.45) is 0 Å². The molecule has 1 aromatic heterocycles. The molecule has 0 saturated heterocycles. The Bertz CT molecular complexity index is 5990. The van der Waals surface area contributed by atoms with Gasteiger partial charge < -0.3 is 14.4 Å². The maximum atomic E-state index is 2.73. The van der Waals surface area contributed by atoms with Crippen LogP contribution in [-0.2, 0) is 16.2 Å². The quantitative estimate of drug-likeness (QED) is 0.0811. The van der Waals surface area contributed by atoms with Crippen LogP contribution in [-0.4, -0.2) is 11.3 Å². The predicted octanol–water partition coefficient (Wildman–Crippen LogP) is 25.1. The zero-order chi connectivity index (χ0) is 69.1. The fourth-order valence-electron chi connectivity index (χ4n) is 17.2. The van der Waals surface area contributed by atoms with Crippen molar-refractivity contribution in [2.45, 2.75) is 78.6 Å². The van der Waals surface area contributed by atoms with E-state index in [-0.39, 0.29) is 23.0 Å². The molecule has 102 heavy (non-hydrogen) atoms. The fraction of sp³-hybridized carbons (Fsp3) is 0.122. The van der Waals surface area contributed by atoms with Gasteiger partial charge in [-0.05, 0) is 175 Å². The lowest BCUT2D eigenvalue weighted by atomic mass is 9.33. The Hall–Kier alpha value is -11.7. The first kappa shape index (κ1) is 61.4. The van der Waals surface area contributed by atoms with Gasteiger partial charge >= 0.3 is 0 Å². The highest BCUT2D eigenvalue weighted by Crippen LogP contribution is 2.55. The van der Waals surface area contributed by atoms with Gasteiger partial charge in [0.1, 0.15) is 0 Å². The zero-order valence-electron chi connectivity index (χ0n) is 59.4. The van der Waals surface area contributed by atoms with Gasteiger partial charge in [0.15, 0.2) is 0 Å². The summed E-state index contributed by atoms with van der Waals surface area (Å²) >= 11 is 0. The van der Waals surface area contributed by atoms with Gasteiger partial charge in [0.2, 0.25) is 0 Å².